The average Bonchev–Trinajstić information content (AvgIpc) is 3.04. The fraction of sp³-hybridized carbons (Fsp3) is 0.421. The SMILES string of the molecule is Cc1nnc2ccc(N3CC(CNCc4ccc5c(c4)OCCO5)C3)nn12. The summed E-state index contributed by atoms with van der Waals surface area (Å²) in [6.45, 7) is 6.99. The van der Waals surface area contributed by atoms with Crippen LogP contribution in [-0.2, 0) is 6.54 Å². The van der Waals surface area contributed by atoms with Crippen molar-refractivity contribution in [1.82, 2.24) is 25.1 Å². The maximum absolute atomic E-state index is 5.64. The molecular weight excluding hydrogens is 344 g/mol. The molecule has 1 N–H and O–H groups in total. The molecule has 8 nitrogen and oxygen atoms in total. The summed E-state index contributed by atoms with van der Waals surface area (Å²) in [4.78, 5) is 2.29. The van der Waals surface area contributed by atoms with Gasteiger partial charge >= 0.3 is 0 Å². The molecule has 0 atom stereocenters. The van der Waals surface area contributed by atoms with Crippen molar-refractivity contribution in [3.8, 4) is 11.5 Å². The summed E-state index contributed by atoms with van der Waals surface area (Å²) in [7, 11) is 0. The van der Waals surface area contributed by atoms with Gasteiger partial charge in [0.05, 0.1) is 0 Å². The van der Waals surface area contributed by atoms with Gasteiger partial charge in [0, 0.05) is 32.1 Å². The Morgan fingerprint density at radius 1 is 1.07 bits per heavy atom. The molecule has 2 aliphatic rings. The molecular formula is C19H22N6O2. The summed E-state index contributed by atoms with van der Waals surface area (Å²) in [5, 5.41) is 16.3. The molecule has 1 saturated heterocycles. The molecule has 0 unspecified atom stereocenters. The summed E-state index contributed by atoms with van der Waals surface area (Å²) in [6.07, 6.45) is 0. The topological polar surface area (TPSA) is 76.8 Å². The Bertz CT molecular complexity index is 966. The molecule has 3 aromatic rings. The molecule has 0 aliphatic carbocycles. The van der Waals surface area contributed by atoms with Gasteiger partial charge in [-0.25, -0.2) is 0 Å². The molecule has 2 aliphatic heterocycles. The number of hydrogen-bond acceptors (Lipinski definition) is 7. The number of ether oxygens (including phenoxy) is 2. The quantitative estimate of drug-likeness (QED) is 0.732. The van der Waals surface area contributed by atoms with Crippen LogP contribution in [0.4, 0.5) is 5.82 Å². The molecule has 27 heavy (non-hydrogen) atoms. The van der Waals surface area contributed by atoms with Crippen LogP contribution >= 0.6 is 0 Å². The van der Waals surface area contributed by atoms with Crippen molar-refractivity contribution in [2.75, 3.05) is 37.7 Å². The van der Waals surface area contributed by atoms with Crippen LogP contribution in [0.5, 0.6) is 11.5 Å². The van der Waals surface area contributed by atoms with E-state index in [1.165, 1.54) is 5.56 Å². The zero-order valence-corrected chi connectivity index (χ0v) is 15.3. The van der Waals surface area contributed by atoms with Crippen molar-refractivity contribution in [3.63, 3.8) is 0 Å². The Balaban J connectivity index is 1.12. The van der Waals surface area contributed by atoms with Gasteiger partial charge in [0.1, 0.15) is 19.0 Å². The first-order valence-electron chi connectivity index (χ1n) is 9.29. The van der Waals surface area contributed by atoms with Gasteiger partial charge in [-0.2, -0.15) is 4.52 Å². The van der Waals surface area contributed by atoms with Crippen LogP contribution in [0.2, 0.25) is 0 Å². The van der Waals surface area contributed by atoms with E-state index in [4.69, 9.17) is 9.47 Å². The lowest BCUT2D eigenvalue weighted by Crippen LogP contribution is -2.51. The second-order valence-electron chi connectivity index (χ2n) is 7.09. The van der Waals surface area contributed by atoms with Crippen LogP contribution in [-0.4, -0.2) is 52.7 Å². The third kappa shape index (κ3) is 3.16. The summed E-state index contributed by atoms with van der Waals surface area (Å²) in [6, 6.07) is 10.1. The third-order valence-electron chi connectivity index (χ3n) is 5.05. The van der Waals surface area contributed by atoms with Gasteiger partial charge in [-0.1, -0.05) is 6.07 Å². The van der Waals surface area contributed by atoms with Crippen molar-refractivity contribution in [2.45, 2.75) is 13.5 Å². The van der Waals surface area contributed by atoms with Gasteiger partial charge in [0.25, 0.3) is 0 Å². The fourth-order valence-electron chi connectivity index (χ4n) is 3.56. The predicted octanol–water partition coefficient (Wildman–Crippen LogP) is 1.43. The number of rotatable bonds is 5. The lowest BCUT2D eigenvalue weighted by Gasteiger charge is -2.40. The second kappa shape index (κ2) is 6.70. The first-order valence-corrected chi connectivity index (χ1v) is 9.29. The molecule has 4 heterocycles. The van der Waals surface area contributed by atoms with Crippen LogP contribution in [0.25, 0.3) is 5.65 Å². The first-order chi connectivity index (χ1) is 13.3. The number of aryl methyl sites for hydroxylation is 1. The van der Waals surface area contributed by atoms with E-state index in [0.717, 1.165) is 55.0 Å². The Morgan fingerprint density at radius 2 is 1.93 bits per heavy atom. The Kier molecular flexibility index (Phi) is 4.05. The highest BCUT2D eigenvalue weighted by molar-refractivity contribution is 5.47. The maximum atomic E-state index is 5.64. The highest BCUT2D eigenvalue weighted by atomic mass is 16.6. The van der Waals surface area contributed by atoms with Crippen molar-refractivity contribution in [3.05, 3.63) is 41.7 Å². The Labute approximate surface area is 157 Å². The van der Waals surface area contributed by atoms with Crippen LogP contribution in [0.3, 0.4) is 0 Å². The summed E-state index contributed by atoms with van der Waals surface area (Å²) < 4.78 is 13.0. The number of benzene rings is 1. The van der Waals surface area contributed by atoms with Gasteiger partial charge in [0.2, 0.25) is 0 Å². The maximum Gasteiger partial charge on any atom is 0.178 e. The average molecular weight is 366 g/mol. The molecule has 0 amide bonds. The van der Waals surface area contributed by atoms with Crippen LogP contribution in [0.1, 0.15) is 11.4 Å². The molecule has 140 valence electrons. The molecule has 0 radical (unpaired) electrons. The van der Waals surface area contributed by atoms with E-state index >= 15 is 0 Å². The highest BCUT2D eigenvalue weighted by Gasteiger charge is 2.27. The predicted molar refractivity (Wildman–Crippen MR) is 100 cm³/mol. The number of fused-ring (bicyclic) bond motifs is 2. The normalized spacial score (nSPS) is 16.6. The fourth-order valence-corrected chi connectivity index (χ4v) is 3.56. The van der Waals surface area contributed by atoms with Crippen molar-refractivity contribution >= 4 is 11.5 Å². The van der Waals surface area contributed by atoms with E-state index in [0.29, 0.717) is 19.1 Å². The number of anilines is 1. The van der Waals surface area contributed by atoms with Crippen LogP contribution in [0.15, 0.2) is 30.3 Å². The van der Waals surface area contributed by atoms with E-state index in [1.807, 2.05) is 25.1 Å². The van der Waals surface area contributed by atoms with Crippen LogP contribution in [0, 0.1) is 12.8 Å². The largest absolute Gasteiger partial charge is 0.486 e. The van der Waals surface area contributed by atoms with Crippen LogP contribution < -0.4 is 19.7 Å². The molecule has 8 heteroatoms. The van der Waals surface area contributed by atoms with E-state index in [2.05, 4.69) is 37.6 Å². The Hall–Kier alpha value is -2.87. The first kappa shape index (κ1) is 16.3. The summed E-state index contributed by atoms with van der Waals surface area (Å²) in [5.74, 6) is 4.11. The number of nitrogens with zero attached hydrogens (tertiary/aromatic N) is 5. The molecule has 1 aromatic carbocycles. The molecule has 5 rings (SSSR count). The monoisotopic (exact) mass is 366 g/mol. The van der Waals surface area contributed by atoms with Gasteiger partial charge in [0.15, 0.2) is 23.0 Å². The van der Waals surface area contributed by atoms with E-state index in [-0.39, 0.29) is 0 Å². The molecule has 0 bridgehead atoms. The zero-order chi connectivity index (χ0) is 18.2. The van der Waals surface area contributed by atoms with E-state index in [1.54, 1.807) is 4.52 Å². The summed E-state index contributed by atoms with van der Waals surface area (Å²) in [5.41, 5.74) is 2.00. The highest BCUT2D eigenvalue weighted by Crippen LogP contribution is 2.30. The lowest BCUT2D eigenvalue weighted by atomic mass is 10.00. The minimum absolute atomic E-state index is 0.621. The number of hydrogen-bond donors (Lipinski definition) is 1. The van der Waals surface area contributed by atoms with Gasteiger partial charge < -0.3 is 19.7 Å². The standard InChI is InChI=1S/C19H22N6O2/c1-13-21-22-18-4-5-19(23-25(13)18)24-11-15(12-24)10-20-9-14-2-3-16-17(8-14)27-7-6-26-16/h2-5,8,15,20H,6-7,9-12H2,1H3. The third-order valence-corrected chi connectivity index (χ3v) is 5.05. The summed E-state index contributed by atoms with van der Waals surface area (Å²) >= 11 is 0. The molecule has 0 spiro atoms. The van der Waals surface area contributed by atoms with Gasteiger partial charge in [-0.3, -0.25) is 0 Å². The van der Waals surface area contributed by atoms with Crippen molar-refractivity contribution in [2.24, 2.45) is 5.92 Å². The lowest BCUT2D eigenvalue weighted by molar-refractivity contribution is 0.171. The zero-order valence-electron chi connectivity index (χ0n) is 15.3. The van der Waals surface area contributed by atoms with E-state index < -0.39 is 0 Å². The molecule has 1 fully saturated rings. The Morgan fingerprint density at radius 3 is 2.81 bits per heavy atom. The minimum Gasteiger partial charge on any atom is -0.486 e. The smallest absolute Gasteiger partial charge is 0.178 e. The van der Waals surface area contributed by atoms with Gasteiger partial charge in [-0.05, 0) is 36.8 Å². The second-order valence-corrected chi connectivity index (χ2v) is 7.09. The van der Waals surface area contributed by atoms with Crippen molar-refractivity contribution < 1.29 is 9.47 Å². The number of nitrogens with one attached hydrogen (secondary N) is 1. The minimum atomic E-state index is 0.621. The molecule has 2 aromatic heterocycles. The van der Waals surface area contributed by atoms with Gasteiger partial charge in [-0.15, -0.1) is 15.3 Å². The van der Waals surface area contributed by atoms with Crippen molar-refractivity contribution in [1.29, 1.82) is 0 Å². The van der Waals surface area contributed by atoms with E-state index in [9.17, 15) is 0 Å². The number of aromatic nitrogens is 4. The molecule has 0 saturated carbocycles.